The highest BCUT2D eigenvalue weighted by molar-refractivity contribution is 6.88. The largest absolute Gasteiger partial charge is 0.208 e. The van der Waals surface area contributed by atoms with E-state index in [1.165, 1.54) is 5.19 Å². The zero-order chi connectivity index (χ0) is 39.5. The zero-order valence-corrected chi connectivity index (χ0v) is 33.6. The summed E-state index contributed by atoms with van der Waals surface area (Å²) >= 11 is 0. The van der Waals surface area contributed by atoms with E-state index < -0.39 is 8.07 Å². The van der Waals surface area contributed by atoms with Crippen LogP contribution in [0, 0.1) is 0 Å². The Balaban J connectivity index is 1.17. The minimum absolute atomic E-state index is 0.620. The van der Waals surface area contributed by atoms with Crippen LogP contribution in [0.1, 0.15) is 0 Å². The van der Waals surface area contributed by atoms with Gasteiger partial charge in [-0.05, 0) is 34.4 Å². The van der Waals surface area contributed by atoms with Crippen molar-refractivity contribution in [3.63, 3.8) is 0 Å². The summed E-state index contributed by atoms with van der Waals surface area (Å²) in [4.78, 5) is 30.0. The number of nitrogens with zero attached hydrogens (tertiary/aromatic N) is 6. The van der Waals surface area contributed by atoms with Crippen LogP contribution in [0.2, 0.25) is 19.6 Å². The molecule has 0 spiro atoms. The minimum Gasteiger partial charge on any atom is -0.208 e. The lowest BCUT2D eigenvalue weighted by atomic mass is 9.92. The van der Waals surface area contributed by atoms with E-state index in [1.807, 2.05) is 121 Å². The molecule has 7 heteroatoms. The second-order valence-electron chi connectivity index (χ2n) is 15.2. The van der Waals surface area contributed by atoms with Crippen LogP contribution in [-0.4, -0.2) is 38.0 Å². The van der Waals surface area contributed by atoms with Crippen molar-refractivity contribution in [2.45, 2.75) is 19.6 Å². The Hall–Kier alpha value is -7.22. The molecule has 0 N–H and O–H groups in total. The van der Waals surface area contributed by atoms with Gasteiger partial charge in [0, 0.05) is 33.4 Å². The molecule has 2 aromatic heterocycles. The van der Waals surface area contributed by atoms with Gasteiger partial charge in [0.1, 0.15) is 0 Å². The molecule has 0 bridgehead atoms. The first-order valence-corrected chi connectivity index (χ1v) is 23.0. The molecule has 0 amide bonds. The van der Waals surface area contributed by atoms with Gasteiger partial charge >= 0.3 is 0 Å². The molecule has 0 aliphatic carbocycles. The van der Waals surface area contributed by atoms with E-state index in [0.29, 0.717) is 34.9 Å². The first-order valence-electron chi connectivity index (χ1n) is 19.5. The zero-order valence-electron chi connectivity index (χ0n) is 32.6. The van der Waals surface area contributed by atoms with Crippen LogP contribution >= 0.6 is 0 Å². The summed E-state index contributed by atoms with van der Waals surface area (Å²) < 4.78 is 0. The van der Waals surface area contributed by atoms with Crippen LogP contribution in [0.25, 0.3) is 90.6 Å². The molecule has 278 valence electrons. The standard InChI is InChI=1S/C51H40N6Si/c1-58(2,3)43-30-31-44(39-26-16-28-41(32-39)50-54-46(35-18-8-4-9-19-35)52-47(55-50)36-20-10-5-11-21-36)45(34-43)40-27-17-29-42(33-40)51-56-48(37-22-12-6-13-23-37)53-49(57-51)38-24-14-7-15-25-38/h4-34H,1-3H3. The number of hydrogen-bond donors (Lipinski definition) is 0. The van der Waals surface area contributed by atoms with E-state index in [9.17, 15) is 0 Å². The van der Waals surface area contributed by atoms with E-state index in [2.05, 4.69) is 86.4 Å². The van der Waals surface area contributed by atoms with Crippen LogP contribution in [0.3, 0.4) is 0 Å². The van der Waals surface area contributed by atoms with Crippen molar-refractivity contribution in [1.82, 2.24) is 29.9 Å². The maximum absolute atomic E-state index is 5.04. The molecular weight excluding hydrogens is 725 g/mol. The highest BCUT2D eigenvalue weighted by Gasteiger charge is 2.21. The van der Waals surface area contributed by atoms with E-state index in [1.54, 1.807) is 0 Å². The SMILES string of the molecule is C[Si](C)(C)c1ccc(-c2cccc(-c3nc(-c4ccccc4)nc(-c4ccccc4)n3)c2)c(-c2cccc(-c3nc(-c4ccccc4)nc(-c4ccccc4)n3)c2)c1. The van der Waals surface area contributed by atoms with E-state index in [-0.39, 0.29) is 0 Å². The van der Waals surface area contributed by atoms with Crippen LogP contribution < -0.4 is 5.19 Å². The predicted molar refractivity (Wildman–Crippen MR) is 240 cm³/mol. The van der Waals surface area contributed by atoms with E-state index >= 15 is 0 Å². The van der Waals surface area contributed by atoms with Crippen LogP contribution in [0.5, 0.6) is 0 Å². The van der Waals surface area contributed by atoms with Gasteiger partial charge in [-0.2, -0.15) is 0 Å². The normalized spacial score (nSPS) is 11.4. The first-order chi connectivity index (χ1) is 28.4. The lowest BCUT2D eigenvalue weighted by Gasteiger charge is -2.21. The minimum atomic E-state index is -1.69. The second kappa shape index (κ2) is 15.7. The van der Waals surface area contributed by atoms with Crippen molar-refractivity contribution >= 4 is 13.3 Å². The molecule has 0 atom stereocenters. The maximum atomic E-state index is 5.04. The summed E-state index contributed by atoms with van der Waals surface area (Å²) in [5.41, 5.74) is 10.00. The molecule has 6 nitrogen and oxygen atoms in total. The Bertz CT molecular complexity index is 2740. The molecule has 0 radical (unpaired) electrons. The molecule has 9 rings (SSSR count). The van der Waals surface area contributed by atoms with E-state index in [0.717, 1.165) is 55.6 Å². The second-order valence-corrected chi connectivity index (χ2v) is 20.3. The Labute approximate surface area is 340 Å². The molecule has 2 heterocycles. The molecule has 58 heavy (non-hydrogen) atoms. The number of benzene rings is 7. The third-order valence-corrected chi connectivity index (χ3v) is 12.2. The van der Waals surface area contributed by atoms with Gasteiger partial charge in [0.05, 0.1) is 8.07 Å². The van der Waals surface area contributed by atoms with Crippen LogP contribution in [0.15, 0.2) is 188 Å². The average Bonchev–Trinajstić information content (AvgIpc) is 3.29. The Morgan fingerprint density at radius 3 is 0.897 bits per heavy atom. The molecule has 9 aromatic rings. The van der Waals surface area contributed by atoms with Crippen molar-refractivity contribution < 1.29 is 0 Å². The van der Waals surface area contributed by atoms with Crippen molar-refractivity contribution in [3.05, 3.63) is 188 Å². The Morgan fingerprint density at radius 2 is 0.552 bits per heavy atom. The number of rotatable bonds is 9. The van der Waals surface area contributed by atoms with Crippen molar-refractivity contribution in [2.75, 3.05) is 0 Å². The quantitative estimate of drug-likeness (QED) is 0.136. The molecule has 7 aromatic carbocycles. The summed E-state index contributed by atoms with van der Waals surface area (Å²) in [6.07, 6.45) is 0. The highest BCUT2D eigenvalue weighted by Crippen LogP contribution is 2.36. The van der Waals surface area contributed by atoms with Gasteiger partial charge in [0.25, 0.3) is 0 Å². The Kier molecular flexibility index (Phi) is 9.87. The maximum Gasteiger partial charge on any atom is 0.164 e. The lowest BCUT2D eigenvalue weighted by molar-refractivity contribution is 1.07. The van der Waals surface area contributed by atoms with Crippen molar-refractivity contribution in [3.8, 4) is 90.6 Å². The molecule has 0 saturated heterocycles. The number of aromatic nitrogens is 6. The molecule has 0 aliphatic heterocycles. The summed E-state index contributed by atoms with van der Waals surface area (Å²) in [6.45, 7) is 7.16. The van der Waals surface area contributed by atoms with Crippen molar-refractivity contribution in [1.29, 1.82) is 0 Å². The fourth-order valence-electron chi connectivity index (χ4n) is 7.03. The van der Waals surface area contributed by atoms with Gasteiger partial charge in [-0.15, -0.1) is 0 Å². The van der Waals surface area contributed by atoms with Gasteiger partial charge in [-0.1, -0.05) is 201 Å². The fraction of sp³-hybridized carbons (Fsp3) is 0.0588. The van der Waals surface area contributed by atoms with Gasteiger partial charge in [0.15, 0.2) is 34.9 Å². The third kappa shape index (κ3) is 7.76. The highest BCUT2D eigenvalue weighted by atomic mass is 28.3. The predicted octanol–water partition coefficient (Wildman–Crippen LogP) is 11.9. The average molecular weight is 765 g/mol. The lowest BCUT2D eigenvalue weighted by Crippen LogP contribution is -2.37. The fourth-order valence-corrected chi connectivity index (χ4v) is 8.19. The number of hydrogen-bond acceptors (Lipinski definition) is 6. The van der Waals surface area contributed by atoms with Gasteiger partial charge in [0.2, 0.25) is 0 Å². The topological polar surface area (TPSA) is 77.3 Å². The first kappa shape index (κ1) is 36.4. The molecule has 0 unspecified atom stereocenters. The smallest absolute Gasteiger partial charge is 0.164 e. The summed E-state index contributed by atoms with van der Waals surface area (Å²) in [5.74, 6) is 3.79. The summed E-state index contributed by atoms with van der Waals surface area (Å²) in [7, 11) is -1.69. The summed E-state index contributed by atoms with van der Waals surface area (Å²) in [6, 6.07) is 64.4. The Morgan fingerprint density at radius 1 is 0.259 bits per heavy atom. The van der Waals surface area contributed by atoms with Crippen molar-refractivity contribution in [2.24, 2.45) is 0 Å². The van der Waals surface area contributed by atoms with Crippen LogP contribution in [0.4, 0.5) is 0 Å². The monoisotopic (exact) mass is 764 g/mol. The van der Waals surface area contributed by atoms with Crippen LogP contribution in [-0.2, 0) is 0 Å². The summed E-state index contributed by atoms with van der Waals surface area (Å²) in [5, 5.41) is 1.38. The third-order valence-electron chi connectivity index (χ3n) is 10.1. The van der Waals surface area contributed by atoms with Gasteiger partial charge in [-0.3, -0.25) is 0 Å². The van der Waals surface area contributed by atoms with Gasteiger partial charge in [-0.25, -0.2) is 29.9 Å². The molecule has 0 aliphatic rings. The van der Waals surface area contributed by atoms with E-state index in [4.69, 9.17) is 29.9 Å². The molecule has 0 saturated carbocycles. The van der Waals surface area contributed by atoms with Gasteiger partial charge < -0.3 is 0 Å². The molecular formula is C51H40N6Si. The molecule has 0 fully saturated rings.